The summed E-state index contributed by atoms with van der Waals surface area (Å²) in [4.78, 5) is 12.0. The quantitative estimate of drug-likeness (QED) is 0.764. The van der Waals surface area contributed by atoms with Crippen LogP contribution >= 0.6 is 15.9 Å². The number of rotatable bonds is 2. The van der Waals surface area contributed by atoms with E-state index < -0.39 is 0 Å². The van der Waals surface area contributed by atoms with Gasteiger partial charge < -0.3 is 0 Å². The normalized spacial score (nSPS) is 10.1. The highest BCUT2D eigenvalue weighted by Crippen LogP contribution is 2.15. The third-order valence-electron chi connectivity index (χ3n) is 2.19. The zero-order chi connectivity index (χ0) is 11.5. The number of benzene rings is 2. The molecule has 0 saturated carbocycles. The SMILES string of the molecule is O=C(c1ccc(F)cc1)c1cccc(Br)c1. The van der Waals surface area contributed by atoms with E-state index in [1.807, 2.05) is 6.07 Å². The van der Waals surface area contributed by atoms with E-state index in [1.165, 1.54) is 24.3 Å². The molecule has 0 aliphatic carbocycles. The largest absolute Gasteiger partial charge is 0.289 e. The molecule has 0 radical (unpaired) electrons. The summed E-state index contributed by atoms with van der Waals surface area (Å²) in [6, 6.07) is 12.7. The molecule has 0 heterocycles. The van der Waals surface area contributed by atoms with Crippen molar-refractivity contribution in [2.75, 3.05) is 0 Å². The van der Waals surface area contributed by atoms with Gasteiger partial charge in [-0.05, 0) is 36.4 Å². The van der Waals surface area contributed by atoms with E-state index in [4.69, 9.17) is 0 Å². The van der Waals surface area contributed by atoms with Crippen molar-refractivity contribution in [3.8, 4) is 0 Å². The predicted octanol–water partition coefficient (Wildman–Crippen LogP) is 3.82. The van der Waals surface area contributed by atoms with Gasteiger partial charge in [0.1, 0.15) is 5.82 Å². The molecule has 0 amide bonds. The molecule has 2 aromatic carbocycles. The van der Waals surface area contributed by atoms with Gasteiger partial charge in [-0.3, -0.25) is 4.79 Å². The monoisotopic (exact) mass is 278 g/mol. The van der Waals surface area contributed by atoms with Crippen molar-refractivity contribution in [2.45, 2.75) is 0 Å². The standard InChI is InChI=1S/C13H8BrFO/c14-11-3-1-2-10(8-11)13(16)9-4-6-12(15)7-5-9/h1-8H. The van der Waals surface area contributed by atoms with E-state index in [0.29, 0.717) is 11.1 Å². The minimum Gasteiger partial charge on any atom is -0.289 e. The van der Waals surface area contributed by atoms with Gasteiger partial charge in [0.15, 0.2) is 5.78 Å². The fourth-order valence-electron chi connectivity index (χ4n) is 1.40. The predicted molar refractivity (Wildman–Crippen MR) is 64.0 cm³/mol. The first-order valence-corrected chi connectivity index (χ1v) is 5.52. The highest BCUT2D eigenvalue weighted by atomic mass is 79.9. The lowest BCUT2D eigenvalue weighted by atomic mass is 10.0. The molecular formula is C13H8BrFO. The van der Waals surface area contributed by atoms with Gasteiger partial charge in [0.05, 0.1) is 0 Å². The molecule has 0 bridgehead atoms. The Morgan fingerprint density at radius 2 is 1.69 bits per heavy atom. The minimum atomic E-state index is -0.342. The van der Waals surface area contributed by atoms with Gasteiger partial charge in [-0.1, -0.05) is 28.1 Å². The Hall–Kier alpha value is -1.48. The van der Waals surface area contributed by atoms with E-state index in [2.05, 4.69) is 15.9 Å². The molecule has 0 N–H and O–H groups in total. The summed E-state index contributed by atoms with van der Waals surface area (Å²) >= 11 is 3.30. The van der Waals surface area contributed by atoms with Crippen LogP contribution in [0.25, 0.3) is 0 Å². The molecule has 0 aromatic heterocycles. The van der Waals surface area contributed by atoms with Gasteiger partial charge in [-0.2, -0.15) is 0 Å². The number of carbonyl (C=O) groups is 1. The molecule has 0 unspecified atom stereocenters. The lowest BCUT2D eigenvalue weighted by Gasteiger charge is -2.01. The smallest absolute Gasteiger partial charge is 0.193 e. The molecule has 0 fully saturated rings. The summed E-state index contributed by atoms with van der Waals surface area (Å²) < 4.78 is 13.5. The number of halogens is 2. The molecule has 0 spiro atoms. The van der Waals surface area contributed by atoms with Crippen LogP contribution in [-0.2, 0) is 0 Å². The average Bonchev–Trinajstić information content (AvgIpc) is 2.29. The second-order valence-electron chi connectivity index (χ2n) is 3.35. The van der Waals surface area contributed by atoms with E-state index >= 15 is 0 Å². The third kappa shape index (κ3) is 2.36. The molecule has 3 heteroatoms. The van der Waals surface area contributed by atoms with Crippen LogP contribution in [0.2, 0.25) is 0 Å². The van der Waals surface area contributed by atoms with Crippen LogP contribution in [0.1, 0.15) is 15.9 Å². The Kier molecular flexibility index (Phi) is 3.15. The van der Waals surface area contributed by atoms with Crippen molar-refractivity contribution >= 4 is 21.7 Å². The maximum absolute atomic E-state index is 12.7. The van der Waals surface area contributed by atoms with E-state index in [-0.39, 0.29) is 11.6 Å². The number of ketones is 1. The molecule has 80 valence electrons. The fraction of sp³-hybridized carbons (Fsp3) is 0. The van der Waals surface area contributed by atoms with Crippen molar-refractivity contribution < 1.29 is 9.18 Å². The lowest BCUT2D eigenvalue weighted by Crippen LogP contribution is -2.00. The van der Waals surface area contributed by atoms with Gasteiger partial charge in [-0.25, -0.2) is 4.39 Å². The van der Waals surface area contributed by atoms with Crippen LogP contribution in [0.5, 0.6) is 0 Å². The molecule has 0 saturated heterocycles. The first-order chi connectivity index (χ1) is 7.66. The van der Waals surface area contributed by atoms with Crippen LogP contribution in [0.3, 0.4) is 0 Å². The van der Waals surface area contributed by atoms with Crippen molar-refractivity contribution in [1.29, 1.82) is 0 Å². The summed E-state index contributed by atoms with van der Waals surface area (Å²) in [5, 5.41) is 0. The topological polar surface area (TPSA) is 17.1 Å². The van der Waals surface area contributed by atoms with Crippen molar-refractivity contribution in [1.82, 2.24) is 0 Å². The van der Waals surface area contributed by atoms with Gasteiger partial charge >= 0.3 is 0 Å². The first kappa shape index (κ1) is 11.0. The average molecular weight is 279 g/mol. The molecule has 0 aliphatic rings. The highest BCUT2D eigenvalue weighted by molar-refractivity contribution is 9.10. The van der Waals surface area contributed by atoms with Crippen LogP contribution in [0.4, 0.5) is 4.39 Å². The summed E-state index contributed by atoms with van der Waals surface area (Å²) in [5.41, 5.74) is 1.07. The number of hydrogen-bond acceptors (Lipinski definition) is 1. The molecule has 0 aliphatic heterocycles. The van der Waals surface area contributed by atoms with E-state index in [9.17, 15) is 9.18 Å². The molecule has 2 rings (SSSR count). The Labute approximate surface area is 101 Å². The van der Waals surface area contributed by atoms with Gasteiger partial charge in [0.2, 0.25) is 0 Å². The van der Waals surface area contributed by atoms with Crippen molar-refractivity contribution in [2.24, 2.45) is 0 Å². The molecule has 0 atom stereocenters. The maximum Gasteiger partial charge on any atom is 0.193 e. The van der Waals surface area contributed by atoms with Gasteiger partial charge in [0.25, 0.3) is 0 Å². The zero-order valence-electron chi connectivity index (χ0n) is 8.28. The fourth-order valence-corrected chi connectivity index (χ4v) is 1.80. The molecule has 16 heavy (non-hydrogen) atoms. The molecular weight excluding hydrogens is 271 g/mol. The van der Waals surface area contributed by atoms with E-state index in [1.54, 1.807) is 18.2 Å². The van der Waals surface area contributed by atoms with Crippen LogP contribution in [0.15, 0.2) is 53.0 Å². The Morgan fingerprint density at radius 1 is 1.00 bits per heavy atom. The number of carbonyl (C=O) groups excluding carboxylic acids is 1. The number of hydrogen-bond donors (Lipinski definition) is 0. The van der Waals surface area contributed by atoms with Crippen molar-refractivity contribution in [3.63, 3.8) is 0 Å². The van der Waals surface area contributed by atoms with Crippen LogP contribution in [0, 0.1) is 5.82 Å². The highest BCUT2D eigenvalue weighted by Gasteiger charge is 2.08. The first-order valence-electron chi connectivity index (χ1n) is 4.72. The van der Waals surface area contributed by atoms with Crippen LogP contribution < -0.4 is 0 Å². The Balaban J connectivity index is 2.35. The second-order valence-corrected chi connectivity index (χ2v) is 4.26. The summed E-state index contributed by atoms with van der Waals surface area (Å²) in [7, 11) is 0. The van der Waals surface area contributed by atoms with E-state index in [0.717, 1.165) is 4.47 Å². The zero-order valence-corrected chi connectivity index (χ0v) is 9.87. The van der Waals surface area contributed by atoms with Gasteiger partial charge in [-0.15, -0.1) is 0 Å². The Morgan fingerprint density at radius 3 is 2.31 bits per heavy atom. The molecule has 1 nitrogen and oxygen atoms in total. The molecule has 2 aromatic rings. The maximum atomic E-state index is 12.7. The van der Waals surface area contributed by atoms with Gasteiger partial charge in [0, 0.05) is 15.6 Å². The van der Waals surface area contributed by atoms with Crippen molar-refractivity contribution in [3.05, 3.63) is 69.9 Å². The minimum absolute atomic E-state index is 0.110. The summed E-state index contributed by atoms with van der Waals surface area (Å²) in [5.74, 6) is -0.452. The Bertz CT molecular complexity index is 520. The van der Waals surface area contributed by atoms with Crippen LogP contribution in [-0.4, -0.2) is 5.78 Å². The lowest BCUT2D eigenvalue weighted by molar-refractivity contribution is 0.103. The summed E-state index contributed by atoms with van der Waals surface area (Å²) in [6.45, 7) is 0. The second kappa shape index (κ2) is 4.58. The summed E-state index contributed by atoms with van der Waals surface area (Å²) in [6.07, 6.45) is 0. The third-order valence-corrected chi connectivity index (χ3v) is 2.69.